The van der Waals surface area contributed by atoms with E-state index in [1.807, 2.05) is 27.7 Å². The molecule has 0 aliphatic carbocycles. The van der Waals surface area contributed by atoms with Crippen LogP contribution in [0.15, 0.2) is 11.1 Å². The van der Waals surface area contributed by atoms with Crippen LogP contribution in [-0.4, -0.2) is 51.0 Å². The Labute approximate surface area is 140 Å². The molecule has 0 unspecified atom stereocenters. The Bertz CT molecular complexity index is 697. The zero-order chi connectivity index (χ0) is 17.7. The fraction of sp³-hybridized carbons (Fsp3) is 0.667. The zero-order valence-electron chi connectivity index (χ0n) is 14.5. The van der Waals surface area contributed by atoms with Gasteiger partial charge in [-0.15, -0.1) is 0 Å². The van der Waals surface area contributed by atoms with E-state index in [9.17, 15) is 4.79 Å². The lowest BCUT2D eigenvalue weighted by Crippen LogP contribution is -2.29. The van der Waals surface area contributed by atoms with Crippen molar-refractivity contribution < 1.29 is 14.2 Å². The molecule has 0 saturated heterocycles. The number of hydrogen-bond donors (Lipinski definition) is 2. The number of nitrogens with zero attached hydrogens (tertiary/aromatic N) is 3. The molecule has 2 aromatic heterocycles. The van der Waals surface area contributed by atoms with Gasteiger partial charge in [0.25, 0.3) is 5.56 Å². The van der Waals surface area contributed by atoms with Gasteiger partial charge in [0.05, 0.1) is 31.7 Å². The molecule has 3 N–H and O–H groups in total. The number of aromatic amines is 1. The highest BCUT2D eigenvalue weighted by Crippen LogP contribution is 2.08. The molecule has 134 valence electrons. The van der Waals surface area contributed by atoms with E-state index in [1.54, 1.807) is 4.57 Å². The van der Waals surface area contributed by atoms with E-state index >= 15 is 0 Å². The maximum atomic E-state index is 12.0. The first kappa shape index (κ1) is 18.4. The summed E-state index contributed by atoms with van der Waals surface area (Å²) in [6, 6.07) is 0. The number of H-pyrrole nitrogens is 1. The van der Waals surface area contributed by atoms with Crippen molar-refractivity contribution in [2.75, 3.05) is 18.9 Å². The molecular weight excluding hydrogens is 314 g/mol. The van der Waals surface area contributed by atoms with Crippen LogP contribution in [0, 0.1) is 0 Å². The third-order valence-corrected chi connectivity index (χ3v) is 3.18. The number of nitrogen functional groups attached to an aromatic ring is 1. The molecule has 0 radical (unpaired) electrons. The Kier molecular flexibility index (Phi) is 6.29. The number of rotatable bonds is 9. The second-order valence-electron chi connectivity index (χ2n) is 6.02. The number of hydrogen-bond acceptors (Lipinski definition) is 7. The molecular formula is C15H25N5O4. The molecule has 24 heavy (non-hydrogen) atoms. The Morgan fingerprint density at radius 2 is 1.79 bits per heavy atom. The summed E-state index contributed by atoms with van der Waals surface area (Å²) in [5, 5.41) is 0. The van der Waals surface area contributed by atoms with Gasteiger partial charge in [-0.1, -0.05) is 0 Å². The zero-order valence-corrected chi connectivity index (χ0v) is 14.5. The third kappa shape index (κ3) is 5.02. The maximum Gasteiger partial charge on any atom is 0.278 e. The van der Waals surface area contributed by atoms with Crippen molar-refractivity contribution >= 4 is 17.1 Å². The minimum atomic E-state index is -0.355. The van der Waals surface area contributed by atoms with Crippen molar-refractivity contribution in [1.82, 2.24) is 19.5 Å². The molecule has 0 fully saturated rings. The molecule has 0 spiro atoms. The van der Waals surface area contributed by atoms with Gasteiger partial charge in [-0.05, 0) is 27.7 Å². The van der Waals surface area contributed by atoms with Gasteiger partial charge in [0.1, 0.15) is 12.8 Å². The number of imidazole rings is 1. The van der Waals surface area contributed by atoms with Crippen molar-refractivity contribution in [3.05, 3.63) is 16.7 Å². The van der Waals surface area contributed by atoms with E-state index in [0.29, 0.717) is 18.7 Å². The van der Waals surface area contributed by atoms with Crippen LogP contribution in [0.1, 0.15) is 27.7 Å². The molecule has 0 amide bonds. The highest BCUT2D eigenvalue weighted by molar-refractivity contribution is 5.70. The molecule has 0 aliphatic heterocycles. The Morgan fingerprint density at radius 1 is 1.17 bits per heavy atom. The smallest absolute Gasteiger partial charge is 0.278 e. The molecule has 9 nitrogen and oxygen atoms in total. The summed E-state index contributed by atoms with van der Waals surface area (Å²) >= 11 is 0. The van der Waals surface area contributed by atoms with E-state index in [0.717, 1.165) is 0 Å². The van der Waals surface area contributed by atoms with Gasteiger partial charge in [-0.3, -0.25) is 9.78 Å². The highest BCUT2D eigenvalue weighted by Gasteiger charge is 2.15. The summed E-state index contributed by atoms with van der Waals surface area (Å²) in [4.78, 5) is 22.5. The summed E-state index contributed by atoms with van der Waals surface area (Å²) in [5.74, 6) is 0.0345. The Balaban J connectivity index is 2.06. The second kappa shape index (κ2) is 8.22. The lowest BCUT2D eigenvalue weighted by Gasteiger charge is -2.21. The third-order valence-electron chi connectivity index (χ3n) is 3.18. The fourth-order valence-corrected chi connectivity index (χ4v) is 2.03. The minimum Gasteiger partial charge on any atom is -0.376 e. The van der Waals surface area contributed by atoms with Gasteiger partial charge in [0.2, 0.25) is 5.95 Å². The van der Waals surface area contributed by atoms with Gasteiger partial charge in [-0.25, -0.2) is 4.98 Å². The van der Waals surface area contributed by atoms with Gasteiger partial charge in [0, 0.05) is 0 Å². The largest absolute Gasteiger partial charge is 0.376 e. The summed E-state index contributed by atoms with van der Waals surface area (Å²) in [6.07, 6.45) is 1.43. The van der Waals surface area contributed by atoms with Crippen molar-refractivity contribution in [2.45, 2.75) is 52.7 Å². The van der Waals surface area contributed by atoms with Crippen LogP contribution >= 0.6 is 0 Å². The average Bonchev–Trinajstić information content (AvgIpc) is 2.89. The van der Waals surface area contributed by atoms with Crippen molar-refractivity contribution in [3.8, 4) is 0 Å². The number of aromatic nitrogens is 4. The van der Waals surface area contributed by atoms with Crippen molar-refractivity contribution in [2.24, 2.45) is 0 Å². The van der Waals surface area contributed by atoms with Crippen LogP contribution in [0.25, 0.3) is 11.2 Å². The van der Waals surface area contributed by atoms with Crippen LogP contribution in [0.4, 0.5) is 5.95 Å². The fourth-order valence-electron chi connectivity index (χ4n) is 2.03. The number of anilines is 1. The topological polar surface area (TPSA) is 117 Å². The first-order chi connectivity index (χ1) is 11.4. The Morgan fingerprint density at radius 3 is 2.38 bits per heavy atom. The van der Waals surface area contributed by atoms with Crippen LogP contribution in [0.5, 0.6) is 0 Å². The molecule has 0 saturated carbocycles. The van der Waals surface area contributed by atoms with E-state index in [4.69, 9.17) is 19.9 Å². The molecule has 0 aromatic carbocycles. The van der Waals surface area contributed by atoms with Crippen LogP contribution in [0.3, 0.4) is 0 Å². The van der Waals surface area contributed by atoms with Gasteiger partial charge in [-0.2, -0.15) is 4.98 Å². The summed E-state index contributed by atoms with van der Waals surface area (Å²) < 4.78 is 18.6. The summed E-state index contributed by atoms with van der Waals surface area (Å²) in [6.45, 7) is 8.77. The molecule has 2 rings (SSSR count). The van der Waals surface area contributed by atoms with Crippen molar-refractivity contribution in [1.29, 1.82) is 0 Å². The highest BCUT2D eigenvalue weighted by atomic mass is 16.6. The van der Waals surface area contributed by atoms with Gasteiger partial charge in [0.15, 0.2) is 11.2 Å². The SMILES string of the molecule is CC(C)OCC(COC(C)C)OCn1cnc2nc(N)[nH]c(=O)c21. The standard InChI is InChI=1S/C15H25N5O4/c1-9(2)22-5-11(6-23-10(3)4)24-8-20-7-17-13-12(20)14(21)19-15(16)18-13/h7,9-11H,5-6,8H2,1-4H3,(H3,16,18,19,21). The number of fused-ring (bicyclic) bond motifs is 1. The molecule has 0 atom stereocenters. The van der Waals surface area contributed by atoms with E-state index < -0.39 is 0 Å². The monoisotopic (exact) mass is 339 g/mol. The second-order valence-corrected chi connectivity index (χ2v) is 6.02. The predicted octanol–water partition coefficient (Wildman–Crippen LogP) is 0.895. The van der Waals surface area contributed by atoms with E-state index in [-0.39, 0.29) is 42.2 Å². The predicted molar refractivity (Wildman–Crippen MR) is 89.6 cm³/mol. The molecule has 2 aromatic rings. The minimum absolute atomic E-state index is 0.0345. The van der Waals surface area contributed by atoms with Crippen LogP contribution < -0.4 is 11.3 Å². The van der Waals surface area contributed by atoms with E-state index in [1.165, 1.54) is 6.33 Å². The van der Waals surface area contributed by atoms with Crippen LogP contribution in [-0.2, 0) is 20.9 Å². The number of nitrogens with two attached hydrogens (primary N) is 1. The molecule has 0 bridgehead atoms. The summed E-state index contributed by atoms with van der Waals surface area (Å²) in [5.41, 5.74) is 5.76. The average molecular weight is 339 g/mol. The Hall–Kier alpha value is -1.97. The van der Waals surface area contributed by atoms with Crippen molar-refractivity contribution in [3.63, 3.8) is 0 Å². The maximum absolute atomic E-state index is 12.0. The van der Waals surface area contributed by atoms with Gasteiger partial charge >= 0.3 is 0 Å². The first-order valence-corrected chi connectivity index (χ1v) is 7.92. The lowest BCUT2D eigenvalue weighted by molar-refractivity contribution is -0.0987. The number of nitrogens with one attached hydrogen (secondary N) is 1. The molecule has 9 heteroatoms. The first-order valence-electron chi connectivity index (χ1n) is 7.92. The normalized spacial score (nSPS) is 12.1. The number of ether oxygens (including phenoxy) is 3. The molecule has 2 heterocycles. The lowest BCUT2D eigenvalue weighted by atomic mass is 10.3. The molecule has 0 aliphatic rings. The van der Waals surface area contributed by atoms with E-state index in [2.05, 4.69) is 15.0 Å². The quantitative estimate of drug-likeness (QED) is 0.697. The summed E-state index contributed by atoms with van der Waals surface area (Å²) in [7, 11) is 0. The van der Waals surface area contributed by atoms with Gasteiger partial charge < -0.3 is 24.5 Å². The van der Waals surface area contributed by atoms with Crippen LogP contribution in [0.2, 0.25) is 0 Å².